The number of rotatable bonds is 6. The molecule has 0 saturated carbocycles. The predicted molar refractivity (Wildman–Crippen MR) is 79.4 cm³/mol. The van der Waals surface area contributed by atoms with E-state index in [-0.39, 0.29) is 12.0 Å². The van der Waals surface area contributed by atoms with Crippen LogP contribution in [0, 0.1) is 0 Å². The Labute approximate surface area is 124 Å². The smallest absolute Gasteiger partial charge is 0.227 e. The number of nitrogens with one attached hydrogen (secondary N) is 1. The molecule has 0 spiro atoms. The number of aromatic nitrogens is 2. The van der Waals surface area contributed by atoms with E-state index in [0.717, 1.165) is 31.9 Å². The van der Waals surface area contributed by atoms with Crippen LogP contribution in [0.15, 0.2) is 12.4 Å². The van der Waals surface area contributed by atoms with Crippen LogP contribution < -0.4 is 10.2 Å². The van der Waals surface area contributed by atoms with E-state index < -0.39 is 0 Å². The maximum Gasteiger partial charge on any atom is 0.227 e. The highest BCUT2D eigenvalue weighted by Gasteiger charge is 2.14. The molecular formula is C14H22N4O3. The quantitative estimate of drug-likeness (QED) is 0.845. The lowest BCUT2D eigenvalue weighted by molar-refractivity contribution is -0.118. The molecule has 0 aliphatic carbocycles. The lowest BCUT2D eigenvalue weighted by Gasteiger charge is -2.22. The number of amides is 1. The summed E-state index contributed by atoms with van der Waals surface area (Å²) in [6.07, 6.45) is 3.77. The molecule has 0 unspecified atom stereocenters. The van der Waals surface area contributed by atoms with Crippen molar-refractivity contribution in [2.75, 3.05) is 44.1 Å². The van der Waals surface area contributed by atoms with Crippen molar-refractivity contribution in [1.29, 1.82) is 0 Å². The molecule has 7 heteroatoms. The highest BCUT2D eigenvalue weighted by molar-refractivity contribution is 5.90. The minimum Gasteiger partial charge on any atom is -0.381 e. The molecule has 7 nitrogen and oxygen atoms in total. The first kappa shape index (κ1) is 15.7. The first-order valence-electron chi connectivity index (χ1n) is 7.13. The Balaban J connectivity index is 1.72. The van der Waals surface area contributed by atoms with Gasteiger partial charge >= 0.3 is 0 Å². The second-order valence-electron chi connectivity index (χ2n) is 5.14. The Bertz CT molecular complexity index is 461. The zero-order chi connectivity index (χ0) is 15.1. The summed E-state index contributed by atoms with van der Waals surface area (Å²) < 4.78 is 10.9. The number of hydrogen-bond acceptors (Lipinski definition) is 6. The van der Waals surface area contributed by atoms with Crippen LogP contribution in [0.4, 0.5) is 11.6 Å². The van der Waals surface area contributed by atoms with Gasteiger partial charge in [-0.1, -0.05) is 0 Å². The fraction of sp³-hybridized carbons (Fsp3) is 0.643. The fourth-order valence-electron chi connectivity index (χ4n) is 2.03. The molecule has 116 valence electrons. The van der Waals surface area contributed by atoms with Gasteiger partial charge in [0.15, 0.2) is 0 Å². The molecule has 1 aromatic rings. The Hall–Kier alpha value is -1.73. The number of nitrogens with zero attached hydrogens (tertiary/aromatic N) is 3. The van der Waals surface area contributed by atoms with Crippen LogP contribution in [0.25, 0.3) is 0 Å². The van der Waals surface area contributed by atoms with Crippen LogP contribution in [0.2, 0.25) is 0 Å². The van der Waals surface area contributed by atoms with Crippen LogP contribution in [-0.2, 0) is 14.3 Å². The minimum absolute atomic E-state index is 0.106. The molecule has 2 heterocycles. The molecule has 1 aromatic heterocycles. The summed E-state index contributed by atoms with van der Waals surface area (Å²) in [4.78, 5) is 21.8. The number of hydrogen-bond donors (Lipinski definition) is 1. The molecule has 21 heavy (non-hydrogen) atoms. The van der Waals surface area contributed by atoms with Gasteiger partial charge in [-0.3, -0.25) is 4.79 Å². The van der Waals surface area contributed by atoms with E-state index in [0.29, 0.717) is 18.8 Å². The number of carbonyl (C=O) groups is 1. The van der Waals surface area contributed by atoms with Gasteiger partial charge in [-0.25, -0.2) is 9.97 Å². The van der Waals surface area contributed by atoms with Crippen molar-refractivity contribution in [3.63, 3.8) is 0 Å². The van der Waals surface area contributed by atoms with Gasteiger partial charge in [-0.15, -0.1) is 0 Å². The molecule has 1 amide bonds. The van der Waals surface area contributed by atoms with Gasteiger partial charge in [-0.2, -0.15) is 0 Å². The van der Waals surface area contributed by atoms with Crippen molar-refractivity contribution >= 4 is 17.5 Å². The predicted octanol–water partition coefficient (Wildman–Crippen LogP) is 1.07. The number of ether oxygens (including phenoxy) is 2. The van der Waals surface area contributed by atoms with Crippen molar-refractivity contribution < 1.29 is 14.3 Å². The van der Waals surface area contributed by atoms with Gasteiger partial charge in [-0.05, 0) is 12.8 Å². The average molecular weight is 294 g/mol. The highest BCUT2D eigenvalue weighted by atomic mass is 16.5. The van der Waals surface area contributed by atoms with E-state index in [1.807, 2.05) is 19.0 Å². The van der Waals surface area contributed by atoms with Gasteiger partial charge in [0.1, 0.15) is 18.0 Å². The molecule has 1 aliphatic rings. The van der Waals surface area contributed by atoms with Crippen molar-refractivity contribution in [1.82, 2.24) is 9.97 Å². The van der Waals surface area contributed by atoms with Crippen LogP contribution in [-0.4, -0.2) is 55.9 Å². The third-order valence-corrected chi connectivity index (χ3v) is 3.23. The summed E-state index contributed by atoms with van der Waals surface area (Å²) in [5.41, 5.74) is 0. The normalized spacial score (nSPS) is 15.7. The van der Waals surface area contributed by atoms with Gasteiger partial charge < -0.3 is 19.7 Å². The molecule has 1 aliphatic heterocycles. The summed E-state index contributed by atoms with van der Waals surface area (Å²) in [5, 5.41) is 2.75. The summed E-state index contributed by atoms with van der Waals surface area (Å²) in [6.45, 7) is 1.90. The van der Waals surface area contributed by atoms with E-state index >= 15 is 0 Å². The van der Waals surface area contributed by atoms with Crippen LogP contribution in [0.1, 0.15) is 19.3 Å². The minimum atomic E-state index is -0.106. The molecule has 1 N–H and O–H groups in total. The van der Waals surface area contributed by atoms with E-state index in [2.05, 4.69) is 15.3 Å². The fourth-order valence-corrected chi connectivity index (χ4v) is 2.03. The van der Waals surface area contributed by atoms with E-state index in [1.54, 1.807) is 6.07 Å². The third-order valence-electron chi connectivity index (χ3n) is 3.23. The standard InChI is InChI=1S/C14H22N4O3/c1-18(2)13-9-12(15-10-16-13)17-14(19)5-8-21-11-3-6-20-7-4-11/h9-11H,3-8H2,1-2H3,(H,15,16,17,19). The highest BCUT2D eigenvalue weighted by Crippen LogP contribution is 2.12. The van der Waals surface area contributed by atoms with E-state index in [1.165, 1.54) is 6.33 Å². The zero-order valence-corrected chi connectivity index (χ0v) is 12.5. The molecule has 0 bridgehead atoms. The Morgan fingerprint density at radius 2 is 2.19 bits per heavy atom. The van der Waals surface area contributed by atoms with Gasteiger partial charge in [0.2, 0.25) is 5.91 Å². The third kappa shape index (κ3) is 5.28. The Morgan fingerprint density at radius 1 is 1.43 bits per heavy atom. The van der Waals surface area contributed by atoms with Crippen LogP contribution >= 0.6 is 0 Å². The summed E-state index contributed by atoms with van der Waals surface area (Å²) >= 11 is 0. The Morgan fingerprint density at radius 3 is 2.90 bits per heavy atom. The van der Waals surface area contributed by atoms with Crippen LogP contribution in [0.3, 0.4) is 0 Å². The van der Waals surface area contributed by atoms with E-state index in [4.69, 9.17) is 9.47 Å². The van der Waals surface area contributed by atoms with Crippen molar-refractivity contribution in [2.24, 2.45) is 0 Å². The second-order valence-corrected chi connectivity index (χ2v) is 5.14. The lowest BCUT2D eigenvalue weighted by Crippen LogP contribution is -2.25. The molecule has 0 aromatic carbocycles. The zero-order valence-electron chi connectivity index (χ0n) is 12.5. The van der Waals surface area contributed by atoms with Crippen molar-refractivity contribution in [3.05, 3.63) is 12.4 Å². The first-order valence-corrected chi connectivity index (χ1v) is 7.13. The molecular weight excluding hydrogens is 272 g/mol. The largest absolute Gasteiger partial charge is 0.381 e. The average Bonchev–Trinajstić information content (AvgIpc) is 2.48. The van der Waals surface area contributed by atoms with E-state index in [9.17, 15) is 4.79 Å². The number of carbonyl (C=O) groups excluding carboxylic acids is 1. The maximum atomic E-state index is 11.8. The van der Waals surface area contributed by atoms with Crippen molar-refractivity contribution in [3.8, 4) is 0 Å². The van der Waals surface area contributed by atoms with Crippen LogP contribution in [0.5, 0.6) is 0 Å². The summed E-state index contributed by atoms with van der Waals surface area (Å²) in [5.74, 6) is 1.15. The molecule has 2 rings (SSSR count). The molecule has 1 fully saturated rings. The summed E-state index contributed by atoms with van der Waals surface area (Å²) in [6, 6.07) is 1.73. The first-order chi connectivity index (χ1) is 10.1. The SMILES string of the molecule is CN(C)c1cc(NC(=O)CCOC2CCOCC2)ncn1. The van der Waals surface area contributed by atoms with Gasteiger partial charge in [0, 0.05) is 33.4 Å². The van der Waals surface area contributed by atoms with Gasteiger partial charge in [0.25, 0.3) is 0 Å². The molecule has 0 atom stereocenters. The topological polar surface area (TPSA) is 76.6 Å². The lowest BCUT2D eigenvalue weighted by atomic mass is 10.1. The maximum absolute atomic E-state index is 11.8. The molecule has 1 saturated heterocycles. The van der Waals surface area contributed by atoms with Gasteiger partial charge in [0.05, 0.1) is 19.1 Å². The summed E-state index contributed by atoms with van der Waals surface area (Å²) in [7, 11) is 3.77. The second kappa shape index (κ2) is 7.90. The number of anilines is 2. The van der Waals surface area contributed by atoms with Crippen molar-refractivity contribution in [2.45, 2.75) is 25.4 Å². The monoisotopic (exact) mass is 294 g/mol. The molecule has 0 radical (unpaired) electrons. The Kier molecular flexibility index (Phi) is 5.89.